The third-order valence-corrected chi connectivity index (χ3v) is 4.57. The lowest BCUT2D eigenvalue weighted by atomic mass is 9.96. The topological polar surface area (TPSA) is 61.4 Å². The van der Waals surface area contributed by atoms with E-state index in [9.17, 15) is 15.0 Å². The second kappa shape index (κ2) is 5.60. The Kier molecular flexibility index (Phi) is 3.39. The standard InChI is InChI=1S/C21H15NO3/c1-22-18-8-3-2-5-16(18)19(21(24)25)17-7-4-6-15(20(17)22)13-9-11-14(23)12-10-13/h2-12H,1H3,(H-,23,24,25)/p+1. The molecule has 0 bridgehead atoms. The van der Waals surface area contributed by atoms with Crippen molar-refractivity contribution in [2.24, 2.45) is 7.05 Å². The normalized spacial score (nSPS) is 11.1. The van der Waals surface area contributed by atoms with Crippen molar-refractivity contribution in [1.29, 1.82) is 0 Å². The van der Waals surface area contributed by atoms with Gasteiger partial charge in [-0.2, -0.15) is 4.57 Å². The lowest BCUT2D eigenvalue weighted by Gasteiger charge is -2.10. The zero-order valence-electron chi connectivity index (χ0n) is 13.6. The van der Waals surface area contributed by atoms with Crippen molar-refractivity contribution in [1.82, 2.24) is 0 Å². The highest BCUT2D eigenvalue weighted by molar-refractivity contribution is 6.14. The number of nitrogens with zero attached hydrogens (tertiary/aromatic N) is 1. The Labute approximate surface area is 144 Å². The molecule has 0 saturated carbocycles. The van der Waals surface area contributed by atoms with E-state index in [1.807, 2.05) is 66.2 Å². The Morgan fingerprint density at radius 2 is 1.56 bits per heavy atom. The molecular weight excluding hydrogens is 314 g/mol. The summed E-state index contributed by atoms with van der Waals surface area (Å²) in [6, 6.07) is 20.1. The summed E-state index contributed by atoms with van der Waals surface area (Å²) in [7, 11) is 1.94. The van der Waals surface area contributed by atoms with Gasteiger partial charge in [0.1, 0.15) is 12.8 Å². The summed E-state index contributed by atoms with van der Waals surface area (Å²) in [5.41, 5.74) is 3.87. The molecule has 4 aromatic rings. The predicted octanol–water partition coefficient (Wildman–Crippen LogP) is 3.89. The number of benzene rings is 3. The number of carbonyl (C=O) groups is 1. The van der Waals surface area contributed by atoms with E-state index in [1.54, 1.807) is 12.1 Å². The van der Waals surface area contributed by atoms with Crippen molar-refractivity contribution in [3.63, 3.8) is 0 Å². The number of rotatable bonds is 2. The van der Waals surface area contributed by atoms with Gasteiger partial charge in [0.2, 0.25) is 11.0 Å². The van der Waals surface area contributed by atoms with Gasteiger partial charge >= 0.3 is 5.97 Å². The zero-order chi connectivity index (χ0) is 17.6. The molecule has 122 valence electrons. The maximum Gasteiger partial charge on any atom is 0.337 e. The van der Waals surface area contributed by atoms with E-state index < -0.39 is 5.97 Å². The Morgan fingerprint density at radius 3 is 2.28 bits per heavy atom. The number of aromatic hydroxyl groups is 1. The highest BCUT2D eigenvalue weighted by atomic mass is 16.4. The number of hydrogen-bond acceptors (Lipinski definition) is 2. The largest absolute Gasteiger partial charge is 0.508 e. The molecule has 4 nitrogen and oxygen atoms in total. The molecule has 25 heavy (non-hydrogen) atoms. The molecule has 2 N–H and O–H groups in total. The molecule has 0 atom stereocenters. The molecular formula is C21H16NO3+. The minimum absolute atomic E-state index is 0.199. The third kappa shape index (κ3) is 2.31. The summed E-state index contributed by atoms with van der Waals surface area (Å²) in [6.07, 6.45) is 0. The lowest BCUT2D eigenvalue weighted by Crippen LogP contribution is -2.31. The van der Waals surface area contributed by atoms with Gasteiger partial charge in [-0.15, -0.1) is 0 Å². The number of aryl methyl sites for hydroxylation is 1. The van der Waals surface area contributed by atoms with Crippen molar-refractivity contribution >= 4 is 27.8 Å². The van der Waals surface area contributed by atoms with Gasteiger partial charge in [-0.3, -0.25) is 0 Å². The summed E-state index contributed by atoms with van der Waals surface area (Å²) in [6.45, 7) is 0. The van der Waals surface area contributed by atoms with Crippen molar-refractivity contribution in [2.75, 3.05) is 0 Å². The highest BCUT2D eigenvalue weighted by Crippen LogP contribution is 2.32. The molecule has 4 heteroatoms. The van der Waals surface area contributed by atoms with Gasteiger partial charge in [0.25, 0.3) is 0 Å². The number of para-hydroxylation sites is 2. The second-order valence-electron chi connectivity index (χ2n) is 6.00. The Bertz CT molecular complexity index is 1130. The minimum atomic E-state index is -0.940. The zero-order valence-corrected chi connectivity index (χ0v) is 13.6. The van der Waals surface area contributed by atoms with Gasteiger partial charge < -0.3 is 10.2 Å². The smallest absolute Gasteiger partial charge is 0.337 e. The first kappa shape index (κ1) is 15.1. The van der Waals surface area contributed by atoms with Gasteiger partial charge in [-0.05, 0) is 35.9 Å². The average molecular weight is 330 g/mol. The molecule has 0 aliphatic heterocycles. The molecule has 3 aromatic carbocycles. The van der Waals surface area contributed by atoms with E-state index in [1.165, 1.54) is 0 Å². The Balaban J connectivity index is 2.21. The van der Waals surface area contributed by atoms with Crippen LogP contribution in [0, 0.1) is 0 Å². The van der Waals surface area contributed by atoms with Crippen LogP contribution >= 0.6 is 0 Å². The van der Waals surface area contributed by atoms with Crippen LogP contribution in [0.25, 0.3) is 32.9 Å². The van der Waals surface area contributed by atoms with Crippen LogP contribution in [0.4, 0.5) is 0 Å². The van der Waals surface area contributed by atoms with E-state index in [-0.39, 0.29) is 5.75 Å². The molecule has 0 saturated heterocycles. The van der Waals surface area contributed by atoms with E-state index in [2.05, 4.69) is 0 Å². The number of fused-ring (bicyclic) bond motifs is 2. The molecule has 0 unspecified atom stereocenters. The molecule has 0 aliphatic rings. The van der Waals surface area contributed by atoms with Gasteiger partial charge in [0, 0.05) is 6.07 Å². The average Bonchev–Trinajstić information content (AvgIpc) is 2.62. The Hall–Kier alpha value is -3.40. The van der Waals surface area contributed by atoms with Gasteiger partial charge in [0.05, 0.1) is 21.9 Å². The number of pyridine rings is 1. The number of carboxylic acid groups (broad SMARTS) is 1. The van der Waals surface area contributed by atoms with Gasteiger partial charge in [0.15, 0.2) is 0 Å². The molecule has 0 aliphatic carbocycles. The van der Waals surface area contributed by atoms with Crippen molar-refractivity contribution < 1.29 is 19.6 Å². The fourth-order valence-corrected chi connectivity index (χ4v) is 3.45. The van der Waals surface area contributed by atoms with Crippen LogP contribution in [0.1, 0.15) is 10.4 Å². The van der Waals surface area contributed by atoms with Gasteiger partial charge in [-0.25, -0.2) is 4.79 Å². The molecule has 1 heterocycles. The minimum Gasteiger partial charge on any atom is -0.508 e. The number of phenols is 1. The number of aromatic nitrogens is 1. The molecule has 4 rings (SSSR count). The maximum absolute atomic E-state index is 12.0. The summed E-state index contributed by atoms with van der Waals surface area (Å²) < 4.78 is 2.03. The van der Waals surface area contributed by atoms with Gasteiger partial charge in [-0.1, -0.05) is 30.3 Å². The molecule has 0 fully saturated rings. The number of carboxylic acids is 1. The molecule has 0 spiro atoms. The summed E-state index contributed by atoms with van der Waals surface area (Å²) >= 11 is 0. The van der Waals surface area contributed by atoms with Crippen molar-refractivity contribution in [3.8, 4) is 16.9 Å². The summed E-state index contributed by atoms with van der Waals surface area (Å²) in [4.78, 5) is 12.0. The van der Waals surface area contributed by atoms with Crippen LogP contribution in [0.15, 0.2) is 66.7 Å². The second-order valence-corrected chi connectivity index (χ2v) is 6.00. The van der Waals surface area contributed by atoms with Crippen LogP contribution in [-0.2, 0) is 7.05 Å². The van der Waals surface area contributed by atoms with Crippen LogP contribution < -0.4 is 4.57 Å². The fraction of sp³-hybridized carbons (Fsp3) is 0.0476. The van der Waals surface area contributed by atoms with E-state index in [4.69, 9.17) is 0 Å². The van der Waals surface area contributed by atoms with Crippen LogP contribution in [-0.4, -0.2) is 16.2 Å². The van der Waals surface area contributed by atoms with Crippen molar-refractivity contribution in [3.05, 3.63) is 72.3 Å². The predicted molar refractivity (Wildman–Crippen MR) is 96.7 cm³/mol. The number of phenolic OH excluding ortho intramolecular Hbond substituents is 1. The van der Waals surface area contributed by atoms with Crippen LogP contribution in [0.3, 0.4) is 0 Å². The monoisotopic (exact) mass is 330 g/mol. The van der Waals surface area contributed by atoms with Crippen LogP contribution in [0.5, 0.6) is 5.75 Å². The summed E-state index contributed by atoms with van der Waals surface area (Å²) in [5.74, 6) is -0.741. The first-order valence-corrected chi connectivity index (χ1v) is 7.94. The van der Waals surface area contributed by atoms with Crippen LogP contribution in [0.2, 0.25) is 0 Å². The van der Waals surface area contributed by atoms with E-state index in [0.717, 1.165) is 22.2 Å². The SMILES string of the molecule is C[n+]1c2ccccc2c(C(=O)O)c2cccc(-c3ccc(O)cc3)c21. The Morgan fingerprint density at radius 1 is 0.880 bits per heavy atom. The summed E-state index contributed by atoms with van der Waals surface area (Å²) in [5, 5.41) is 20.8. The molecule has 0 amide bonds. The van der Waals surface area contributed by atoms with Crippen molar-refractivity contribution in [2.45, 2.75) is 0 Å². The number of aromatic carboxylic acids is 1. The lowest BCUT2D eigenvalue weighted by molar-refractivity contribution is -0.617. The first-order valence-electron chi connectivity index (χ1n) is 7.94. The quantitative estimate of drug-likeness (QED) is 0.433. The number of hydrogen-bond donors (Lipinski definition) is 2. The molecule has 1 aromatic heterocycles. The van der Waals surface area contributed by atoms with E-state index in [0.29, 0.717) is 16.3 Å². The molecule has 0 radical (unpaired) electrons. The fourth-order valence-electron chi connectivity index (χ4n) is 3.45. The first-order chi connectivity index (χ1) is 12.1. The van der Waals surface area contributed by atoms with E-state index >= 15 is 0 Å². The highest BCUT2D eigenvalue weighted by Gasteiger charge is 2.24. The third-order valence-electron chi connectivity index (χ3n) is 4.57. The maximum atomic E-state index is 12.0.